The van der Waals surface area contributed by atoms with Crippen molar-refractivity contribution in [1.29, 1.82) is 0 Å². The number of aromatic nitrogens is 4. The van der Waals surface area contributed by atoms with Gasteiger partial charge in [0.15, 0.2) is 5.82 Å². The van der Waals surface area contributed by atoms with Crippen LogP contribution in [0.5, 0.6) is 0 Å². The Morgan fingerprint density at radius 2 is 1.93 bits per heavy atom. The van der Waals surface area contributed by atoms with Gasteiger partial charge in [-0.15, -0.1) is 0 Å². The maximum Gasteiger partial charge on any atom is 0.301 e. The summed E-state index contributed by atoms with van der Waals surface area (Å²) in [4.78, 5) is 30.9. The predicted molar refractivity (Wildman–Crippen MR) is 99.1 cm³/mol. The Bertz CT molecular complexity index is 908. The molecular weight excluding hydrogens is 348 g/mol. The van der Waals surface area contributed by atoms with Gasteiger partial charge in [0.2, 0.25) is 5.76 Å². The Balaban J connectivity index is 1.47. The lowest BCUT2D eigenvalue weighted by Crippen LogP contribution is -2.43. The molecule has 0 atom stereocenters. The van der Waals surface area contributed by atoms with Crippen molar-refractivity contribution in [3.8, 4) is 0 Å². The van der Waals surface area contributed by atoms with Crippen molar-refractivity contribution in [2.24, 2.45) is 0 Å². The first-order valence-electron chi connectivity index (χ1n) is 8.49. The van der Waals surface area contributed by atoms with Gasteiger partial charge >= 0.3 is 6.01 Å². The molecule has 0 unspecified atom stereocenters. The summed E-state index contributed by atoms with van der Waals surface area (Å²) in [6.07, 6.45) is 9.32. The molecule has 1 saturated heterocycles. The fourth-order valence-corrected chi connectivity index (χ4v) is 2.76. The Hall–Kier alpha value is -3.53. The largest absolute Gasteiger partial charge is 0.418 e. The minimum atomic E-state index is -0.404. The van der Waals surface area contributed by atoms with E-state index in [0.717, 1.165) is 31.9 Å². The molecule has 1 aliphatic heterocycles. The van der Waals surface area contributed by atoms with Crippen LogP contribution in [0.2, 0.25) is 0 Å². The van der Waals surface area contributed by atoms with E-state index >= 15 is 0 Å². The molecule has 4 rings (SSSR count). The van der Waals surface area contributed by atoms with Gasteiger partial charge in [0.25, 0.3) is 5.91 Å². The van der Waals surface area contributed by atoms with Gasteiger partial charge in [-0.05, 0) is 6.07 Å². The first-order valence-corrected chi connectivity index (χ1v) is 8.49. The summed E-state index contributed by atoms with van der Waals surface area (Å²) >= 11 is 0. The number of rotatable bonds is 5. The second-order valence-electron chi connectivity index (χ2n) is 5.83. The van der Waals surface area contributed by atoms with Crippen LogP contribution >= 0.6 is 0 Å². The number of hydrogen-bond donors (Lipinski definition) is 3. The zero-order valence-electron chi connectivity index (χ0n) is 14.4. The highest BCUT2D eigenvalue weighted by Crippen LogP contribution is 2.25. The average Bonchev–Trinajstić information content (AvgIpc) is 3.18. The van der Waals surface area contributed by atoms with Gasteiger partial charge in [-0.1, -0.05) is 0 Å². The molecule has 27 heavy (non-hydrogen) atoms. The van der Waals surface area contributed by atoms with Gasteiger partial charge < -0.3 is 20.0 Å². The number of nitrogens with one attached hydrogen (secondary N) is 3. The highest BCUT2D eigenvalue weighted by Gasteiger charge is 2.18. The number of oxazole rings is 1. The Kier molecular flexibility index (Phi) is 4.88. The van der Waals surface area contributed by atoms with E-state index in [1.165, 1.54) is 12.4 Å². The van der Waals surface area contributed by atoms with E-state index < -0.39 is 5.91 Å². The molecule has 3 aromatic heterocycles. The molecule has 0 aliphatic carbocycles. The quantitative estimate of drug-likeness (QED) is 0.613. The summed E-state index contributed by atoms with van der Waals surface area (Å²) in [6, 6.07) is 2.05. The van der Waals surface area contributed by atoms with Gasteiger partial charge in [0.05, 0.1) is 30.0 Å². The number of hydrogen-bond acceptors (Lipinski definition) is 9. The lowest BCUT2D eigenvalue weighted by Gasteiger charge is -2.30. The van der Waals surface area contributed by atoms with Crippen LogP contribution in [0.3, 0.4) is 0 Å². The van der Waals surface area contributed by atoms with Crippen molar-refractivity contribution in [2.45, 2.75) is 0 Å². The third-order valence-corrected chi connectivity index (χ3v) is 4.03. The maximum atomic E-state index is 12.6. The second-order valence-corrected chi connectivity index (χ2v) is 5.83. The van der Waals surface area contributed by atoms with Gasteiger partial charge in [-0.3, -0.25) is 20.1 Å². The standard InChI is InChI=1S/C17H18N8O2/c26-16(14-10-22-17(27-14)24-15-11-20-3-4-21-15)23-12-9-19-2-1-13(12)25-7-5-18-6-8-25/h1-4,9-11,18H,5-8H2,(H,23,26)(H,21,22,24). The van der Waals surface area contributed by atoms with E-state index in [-0.39, 0.29) is 11.8 Å². The molecule has 1 amide bonds. The number of anilines is 4. The van der Waals surface area contributed by atoms with Crippen LogP contribution in [0.1, 0.15) is 10.6 Å². The van der Waals surface area contributed by atoms with E-state index in [1.807, 2.05) is 6.07 Å². The molecule has 4 heterocycles. The SMILES string of the molecule is O=C(Nc1cnccc1N1CCNCC1)c1cnc(Nc2cnccn2)o1. The normalized spacial score (nSPS) is 14.0. The highest BCUT2D eigenvalue weighted by atomic mass is 16.4. The second kappa shape index (κ2) is 7.79. The molecule has 3 aromatic rings. The first kappa shape index (κ1) is 16.9. The molecule has 1 aliphatic rings. The van der Waals surface area contributed by atoms with Crippen molar-refractivity contribution in [1.82, 2.24) is 25.3 Å². The zero-order chi connectivity index (χ0) is 18.5. The molecular formula is C17H18N8O2. The van der Waals surface area contributed by atoms with E-state index in [9.17, 15) is 4.79 Å². The summed E-state index contributed by atoms with van der Waals surface area (Å²) in [7, 11) is 0. The molecule has 0 radical (unpaired) electrons. The van der Waals surface area contributed by atoms with Crippen molar-refractivity contribution < 1.29 is 9.21 Å². The fraction of sp³-hybridized carbons (Fsp3) is 0.235. The molecule has 10 nitrogen and oxygen atoms in total. The van der Waals surface area contributed by atoms with Gasteiger partial charge in [-0.2, -0.15) is 0 Å². The van der Waals surface area contributed by atoms with Crippen LogP contribution in [0, 0.1) is 0 Å². The van der Waals surface area contributed by atoms with Gasteiger partial charge in [0, 0.05) is 44.8 Å². The molecule has 10 heteroatoms. The van der Waals surface area contributed by atoms with E-state index in [2.05, 4.69) is 40.8 Å². The Morgan fingerprint density at radius 3 is 2.74 bits per heavy atom. The Morgan fingerprint density at radius 1 is 1.07 bits per heavy atom. The van der Waals surface area contributed by atoms with Crippen LogP contribution in [-0.4, -0.2) is 52.0 Å². The number of nitrogens with zero attached hydrogens (tertiary/aromatic N) is 5. The molecule has 0 bridgehead atoms. The predicted octanol–water partition coefficient (Wildman–Crippen LogP) is 1.27. The smallest absolute Gasteiger partial charge is 0.301 e. The van der Waals surface area contributed by atoms with Crippen LogP contribution in [-0.2, 0) is 0 Å². The van der Waals surface area contributed by atoms with Crippen molar-refractivity contribution in [2.75, 3.05) is 41.7 Å². The summed E-state index contributed by atoms with van der Waals surface area (Å²) in [6.45, 7) is 3.52. The maximum absolute atomic E-state index is 12.6. The number of carbonyl (C=O) groups is 1. The van der Waals surface area contributed by atoms with Crippen LogP contribution in [0.4, 0.5) is 23.2 Å². The molecule has 0 saturated carbocycles. The molecule has 138 valence electrons. The minimum absolute atomic E-state index is 0.0801. The average molecular weight is 366 g/mol. The van der Waals surface area contributed by atoms with E-state index in [1.54, 1.807) is 24.8 Å². The Labute approximate surface area is 155 Å². The minimum Gasteiger partial charge on any atom is -0.418 e. The fourth-order valence-electron chi connectivity index (χ4n) is 2.76. The van der Waals surface area contributed by atoms with Crippen LogP contribution < -0.4 is 20.9 Å². The third-order valence-electron chi connectivity index (χ3n) is 4.03. The van der Waals surface area contributed by atoms with Gasteiger partial charge in [-0.25, -0.2) is 9.97 Å². The molecule has 3 N–H and O–H groups in total. The van der Waals surface area contributed by atoms with Crippen molar-refractivity contribution in [3.63, 3.8) is 0 Å². The monoisotopic (exact) mass is 366 g/mol. The van der Waals surface area contributed by atoms with Crippen molar-refractivity contribution in [3.05, 3.63) is 49.0 Å². The van der Waals surface area contributed by atoms with E-state index in [4.69, 9.17) is 4.42 Å². The molecule has 0 aromatic carbocycles. The number of piperazine rings is 1. The van der Waals surface area contributed by atoms with Gasteiger partial charge in [0.1, 0.15) is 0 Å². The van der Waals surface area contributed by atoms with E-state index in [0.29, 0.717) is 11.5 Å². The zero-order valence-corrected chi connectivity index (χ0v) is 14.4. The summed E-state index contributed by atoms with van der Waals surface area (Å²) in [5.74, 6) is 0.148. The number of amides is 1. The highest BCUT2D eigenvalue weighted by molar-refractivity contribution is 6.04. The molecule has 1 fully saturated rings. The summed E-state index contributed by atoms with van der Waals surface area (Å²) in [5, 5.41) is 9.00. The van der Waals surface area contributed by atoms with Crippen LogP contribution in [0.15, 0.2) is 47.7 Å². The lowest BCUT2D eigenvalue weighted by atomic mass is 10.2. The number of carbonyl (C=O) groups excluding carboxylic acids is 1. The number of pyridine rings is 1. The summed E-state index contributed by atoms with van der Waals surface area (Å²) < 4.78 is 5.46. The van der Waals surface area contributed by atoms with Crippen LogP contribution in [0.25, 0.3) is 0 Å². The summed E-state index contributed by atoms with van der Waals surface area (Å²) in [5.41, 5.74) is 1.56. The topological polar surface area (TPSA) is 121 Å². The van der Waals surface area contributed by atoms with Crippen molar-refractivity contribution >= 4 is 29.1 Å². The first-order chi connectivity index (χ1) is 13.3. The lowest BCUT2D eigenvalue weighted by molar-refractivity contribution is 0.0997. The molecule has 0 spiro atoms. The third kappa shape index (κ3) is 4.01.